The molecule has 0 atom stereocenters. The second-order valence-electron chi connectivity index (χ2n) is 5.04. The van der Waals surface area contributed by atoms with E-state index < -0.39 is 5.82 Å². The Morgan fingerprint density at radius 3 is 2.42 bits per heavy atom. The summed E-state index contributed by atoms with van der Waals surface area (Å²) in [5.74, 6) is -0.395. The zero-order valence-electron chi connectivity index (χ0n) is 12.2. The molecule has 0 unspecified atom stereocenters. The van der Waals surface area contributed by atoms with Gasteiger partial charge in [-0.3, -0.25) is 0 Å². The summed E-state index contributed by atoms with van der Waals surface area (Å²) < 4.78 is 14.1. The minimum absolute atomic E-state index is 0.0272. The second kappa shape index (κ2) is 6.48. The molecule has 0 radical (unpaired) electrons. The zero-order valence-corrected chi connectivity index (χ0v) is 13.7. The molecule has 1 heterocycles. The highest BCUT2D eigenvalue weighted by atomic mass is 35.5. The van der Waals surface area contributed by atoms with E-state index in [9.17, 15) is 9.65 Å². The summed E-state index contributed by atoms with van der Waals surface area (Å²) >= 11 is 12.0. The molecular formula is C18H10Cl2FN3. The molecule has 0 amide bonds. The van der Waals surface area contributed by atoms with Crippen LogP contribution in [0.4, 0.5) is 10.2 Å². The van der Waals surface area contributed by atoms with Crippen molar-refractivity contribution < 1.29 is 4.39 Å². The summed E-state index contributed by atoms with van der Waals surface area (Å²) in [6.07, 6.45) is 0. The Bertz CT molecular complexity index is 980. The van der Waals surface area contributed by atoms with Gasteiger partial charge >= 0.3 is 0 Å². The van der Waals surface area contributed by atoms with Gasteiger partial charge in [-0.2, -0.15) is 5.26 Å². The molecule has 0 fully saturated rings. The predicted octanol–water partition coefficient (Wildman–Crippen LogP) is 5.32. The number of halogens is 3. The lowest BCUT2D eigenvalue weighted by Crippen LogP contribution is -2.00. The van der Waals surface area contributed by atoms with E-state index in [1.807, 2.05) is 6.07 Å². The predicted molar refractivity (Wildman–Crippen MR) is 94.2 cm³/mol. The van der Waals surface area contributed by atoms with Crippen LogP contribution in [-0.4, -0.2) is 4.98 Å². The van der Waals surface area contributed by atoms with Gasteiger partial charge in [0.15, 0.2) is 0 Å². The standard InChI is InChI=1S/C18H10Cl2FN3/c19-14-6-5-10(7-15(14)20)12-8-17(24-18(23)13(12)9-22)11-3-1-2-4-16(11)21/h1-8H,(H2,23,24). The maximum absolute atomic E-state index is 14.1. The number of anilines is 1. The summed E-state index contributed by atoms with van der Waals surface area (Å²) in [5, 5.41) is 10.1. The van der Waals surface area contributed by atoms with Crippen molar-refractivity contribution in [3.63, 3.8) is 0 Å². The summed E-state index contributed by atoms with van der Waals surface area (Å²) in [6, 6.07) is 14.8. The Kier molecular flexibility index (Phi) is 4.39. The quantitative estimate of drug-likeness (QED) is 0.675. The van der Waals surface area contributed by atoms with Gasteiger partial charge in [0.1, 0.15) is 23.3 Å². The van der Waals surface area contributed by atoms with Crippen molar-refractivity contribution in [1.29, 1.82) is 5.26 Å². The molecule has 0 aliphatic heterocycles. The van der Waals surface area contributed by atoms with E-state index >= 15 is 0 Å². The number of rotatable bonds is 2. The van der Waals surface area contributed by atoms with Gasteiger partial charge in [0.25, 0.3) is 0 Å². The molecular weight excluding hydrogens is 348 g/mol. The van der Waals surface area contributed by atoms with Gasteiger partial charge in [0.05, 0.1) is 15.7 Å². The number of hydrogen-bond acceptors (Lipinski definition) is 3. The van der Waals surface area contributed by atoms with E-state index in [0.717, 1.165) is 0 Å². The van der Waals surface area contributed by atoms with Crippen LogP contribution in [0.2, 0.25) is 10.0 Å². The fourth-order valence-corrected chi connectivity index (χ4v) is 2.68. The molecule has 3 aromatic rings. The van der Waals surface area contributed by atoms with Crippen LogP contribution < -0.4 is 5.73 Å². The molecule has 0 bridgehead atoms. The number of pyridine rings is 1. The van der Waals surface area contributed by atoms with E-state index in [2.05, 4.69) is 4.98 Å². The Morgan fingerprint density at radius 2 is 1.75 bits per heavy atom. The first kappa shape index (κ1) is 16.3. The molecule has 0 aliphatic carbocycles. The third-order valence-electron chi connectivity index (χ3n) is 3.54. The molecule has 24 heavy (non-hydrogen) atoms. The van der Waals surface area contributed by atoms with Gasteiger partial charge in [0, 0.05) is 11.1 Å². The molecule has 0 saturated heterocycles. The smallest absolute Gasteiger partial charge is 0.142 e. The number of nitrogens with two attached hydrogens (primary N) is 1. The Hall–Kier alpha value is -2.61. The maximum atomic E-state index is 14.1. The first-order valence-corrected chi connectivity index (χ1v) is 7.68. The molecule has 118 valence electrons. The number of nitrogen functional groups attached to an aromatic ring is 1. The highest BCUT2D eigenvalue weighted by molar-refractivity contribution is 6.42. The van der Waals surface area contributed by atoms with Crippen LogP contribution in [0, 0.1) is 17.1 Å². The highest BCUT2D eigenvalue weighted by Gasteiger charge is 2.15. The van der Waals surface area contributed by atoms with Gasteiger partial charge in [-0.05, 0) is 35.9 Å². The van der Waals surface area contributed by atoms with E-state index in [0.29, 0.717) is 32.4 Å². The maximum Gasteiger partial charge on any atom is 0.142 e. The molecule has 2 aromatic carbocycles. The molecule has 0 aliphatic rings. The lowest BCUT2D eigenvalue weighted by atomic mass is 9.98. The normalized spacial score (nSPS) is 10.4. The van der Waals surface area contributed by atoms with Gasteiger partial charge in [-0.25, -0.2) is 9.37 Å². The molecule has 3 rings (SSSR count). The number of hydrogen-bond donors (Lipinski definition) is 1. The average Bonchev–Trinajstić information content (AvgIpc) is 2.57. The van der Waals surface area contributed by atoms with Crippen LogP contribution in [0.5, 0.6) is 0 Å². The minimum Gasteiger partial charge on any atom is -0.383 e. The van der Waals surface area contributed by atoms with E-state index in [1.165, 1.54) is 6.07 Å². The van der Waals surface area contributed by atoms with Crippen molar-refractivity contribution in [3.8, 4) is 28.5 Å². The highest BCUT2D eigenvalue weighted by Crippen LogP contribution is 2.34. The second-order valence-corrected chi connectivity index (χ2v) is 5.85. The first-order valence-electron chi connectivity index (χ1n) is 6.92. The number of benzene rings is 2. The Balaban J connectivity index is 2.27. The van der Waals surface area contributed by atoms with Crippen LogP contribution in [0.3, 0.4) is 0 Å². The summed E-state index contributed by atoms with van der Waals surface area (Å²) in [6.45, 7) is 0. The van der Waals surface area contributed by atoms with Crippen molar-refractivity contribution in [1.82, 2.24) is 4.98 Å². The molecule has 1 aromatic heterocycles. The van der Waals surface area contributed by atoms with Crippen molar-refractivity contribution in [2.24, 2.45) is 0 Å². The monoisotopic (exact) mass is 357 g/mol. The van der Waals surface area contributed by atoms with E-state index in [-0.39, 0.29) is 11.4 Å². The number of aromatic nitrogens is 1. The van der Waals surface area contributed by atoms with Crippen molar-refractivity contribution in [2.45, 2.75) is 0 Å². The molecule has 6 heteroatoms. The minimum atomic E-state index is -0.422. The molecule has 0 spiro atoms. The van der Waals surface area contributed by atoms with Crippen LogP contribution in [0.15, 0.2) is 48.5 Å². The zero-order chi connectivity index (χ0) is 17.3. The van der Waals surface area contributed by atoms with Gasteiger partial charge in [-0.1, -0.05) is 41.4 Å². The number of nitrogens with zero attached hydrogens (tertiary/aromatic N) is 2. The largest absolute Gasteiger partial charge is 0.383 e. The number of nitriles is 1. The van der Waals surface area contributed by atoms with Crippen LogP contribution in [0.25, 0.3) is 22.4 Å². The summed E-state index contributed by atoms with van der Waals surface area (Å²) in [5.41, 5.74) is 7.91. The van der Waals surface area contributed by atoms with Crippen molar-refractivity contribution >= 4 is 29.0 Å². The van der Waals surface area contributed by atoms with E-state index in [1.54, 1.807) is 42.5 Å². The molecule has 3 nitrogen and oxygen atoms in total. The van der Waals surface area contributed by atoms with Crippen molar-refractivity contribution in [3.05, 3.63) is 70.0 Å². The lowest BCUT2D eigenvalue weighted by Gasteiger charge is -2.11. The van der Waals surface area contributed by atoms with Gasteiger partial charge in [0.2, 0.25) is 0 Å². The first-order chi connectivity index (χ1) is 11.5. The van der Waals surface area contributed by atoms with Gasteiger partial charge in [-0.15, -0.1) is 0 Å². The topological polar surface area (TPSA) is 62.7 Å². The fraction of sp³-hybridized carbons (Fsp3) is 0. The molecule has 0 saturated carbocycles. The van der Waals surface area contributed by atoms with Crippen LogP contribution >= 0.6 is 23.2 Å². The lowest BCUT2D eigenvalue weighted by molar-refractivity contribution is 0.631. The Morgan fingerprint density at radius 1 is 1.00 bits per heavy atom. The van der Waals surface area contributed by atoms with Gasteiger partial charge < -0.3 is 5.73 Å². The van der Waals surface area contributed by atoms with Crippen LogP contribution in [-0.2, 0) is 0 Å². The SMILES string of the molecule is N#Cc1c(-c2ccc(Cl)c(Cl)c2)cc(-c2ccccc2F)nc1N. The third kappa shape index (κ3) is 2.92. The molecule has 2 N–H and O–H groups in total. The van der Waals surface area contributed by atoms with Crippen LogP contribution in [0.1, 0.15) is 5.56 Å². The average molecular weight is 358 g/mol. The van der Waals surface area contributed by atoms with E-state index in [4.69, 9.17) is 28.9 Å². The summed E-state index contributed by atoms with van der Waals surface area (Å²) in [4.78, 5) is 4.16. The Labute approximate surface area is 148 Å². The summed E-state index contributed by atoms with van der Waals surface area (Å²) in [7, 11) is 0. The van der Waals surface area contributed by atoms with Crippen molar-refractivity contribution in [2.75, 3.05) is 5.73 Å². The third-order valence-corrected chi connectivity index (χ3v) is 4.28. The fourth-order valence-electron chi connectivity index (χ4n) is 2.38.